The van der Waals surface area contributed by atoms with Crippen molar-refractivity contribution in [1.29, 1.82) is 0 Å². The molecule has 1 fully saturated rings. The number of rotatable bonds is 5. The van der Waals surface area contributed by atoms with Crippen molar-refractivity contribution in [3.8, 4) is 0 Å². The van der Waals surface area contributed by atoms with Gasteiger partial charge in [0.25, 0.3) is 5.91 Å². The SMILES string of the molecule is CCN(CC(=O)O)C(=O)c1ccc2c(c1)[nH]c(=O)n2C1CCCC1. The van der Waals surface area contributed by atoms with Crippen LogP contribution in [0.2, 0.25) is 0 Å². The van der Waals surface area contributed by atoms with Gasteiger partial charge in [0.15, 0.2) is 0 Å². The zero-order valence-electron chi connectivity index (χ0n) is 13.6. The van der Waals surface area contributed by atoms with E-state index in [0.717, 1.165) is 31.2 Å². The normalized spacial score (nSPS) is 15.0. The quantitative estimate of drug-likeness (QED) is 0.876. The van der Waals surface area contributed by atoms with Gasteiger partial charge in [0, 0.05) is 18.2 Å². The third-order valence-electron chi connectivity index (χ3n) is 4.65. The molecule has 0 aliphatic heterocycles. The van der Waals surface area contributed by atoms with E-state index in [1.165, 1.54) is 4.90 Å². The summed E-state index contributed by atoms with van der Waals surface area (Å²) in [6.45, 7) is 1.70. The number of H-pyrrole nitrogens is 1. The minimum absolute atomic E-state index is 0.153. The van der Waals surface area contributed by atoms with Crippen LogP contribution >= 0.6 is 0 Å². The summed E-state index contributed by atoms with van der Waals surface area (Å²) in [7, 11) is 0. The number of amides is 1. The largest absolute Gasteiger partial charge is 0.480 e. The van der Waals surface area contributed by atoms with Gasteiger partial charge in [0.05, 0.1) is 11.0 Å². The van der Waals surface area contributed by atoms with Gasteiger partial charge in [-0.25, -0.2) is 4.79 Å². The van der Waals surface area contributed by atoms with Crippen LogP contribution in [-0.2, 0) is 4.79 Å². The molecule has 1 amide bonds. The number of carboxylic acids is 1. The summed E-state index contributed by atoms with van der Waals surface area (Å²) in [6, 6.07) is 5.28. The molecule has 1 aliphatic rings. The highest BCUT2D eigenvalue weighted by Gasteiger charge is 2.22. The maximum Gasteiger partial charge on any atom is 0.326 e. The highest BCUT2D eigenvalue weighted by atomic mass is 16.4. The van der Waals surface area contributed by atoms with Gasteiger partial charge in [-0.3, -0.25) is 14.2 Å². The van der Waals surface area contributed by atoms with E-state index in [1.807, 2.05) is 0 Å². The second-order valence-electron chi connectivity index (χ2n) is 6.18. The van der Waals surface area contributed by atoms with E-state index in [9.17, 15) is 14.4 Å². The number of aromatic nitrogens is 2. The molecule has 1 heterocycles. The standard InChI is InChI=1S/C17H21N3O4/c1-2-19(10-15(21)22)16(23)11-7-8-14-13(9-11)18-17(24)20(14)12-5-3-4-6-12/h7-9,12H,2-6,10H2,1H3,(H,18,24)(H,21,22). The van der Waals surface area contributed by atoms with E-state index < -0.39 is 5.97 Å². The fraction of sp³-hybridized carbons (Fsp3) is 0.471. The molecule has 1 aromatic heterocycles. The van der Waals surface area contributed by atoms with Crippen molar-refractivity contribution in [1.82, 2.24) is 14.5 Å². The number of fused-ring (bicyclic) bond motifs is 1. The van der Waals surface area contributed by atoms with Crippen molar-refractivity contribution in [3.63, 3.8) is 0 Å². The summed E-state index contributed by atoms with van der Waals surface area (Å²) >= 11 is 0. The van der Waals surface area contributed by atoms with Gasteiger partial charge in [-0.05, 0) is 38.0 Å². The smallest absolute Gasteiger partial charge is 0.326 e. The summed E-state index contributed by atoms with van der Waals surface area (Å²) in [4.78, 5) is 39.7. The number of benzene rings is 1. The number of aliphatic carboxylic acids is 1. The average Bonchev–Trinajstić information content (AvgIpc) is 3.17. The molecule has 0 saturated heterocycles. The highest BCUT2D eigenvalue weighted by molar-refractivity contribution is 5.98. The Labute approximate surface area is 138 Å². The predicted molar refractivity (Wildman–Crippen MR) is 89.3 cm³/mol. The Morgan fingerprint density at radius 1 is 1.33 bits per heavy atom. The molecule has 128 valence electrons. The zero-order chi connectivity index (χ0) is 17.3. The summed E-state index contributed by atoms with van der Waals surface area (Å²) < 4.78 is 1.78. The van der Waals surface area contributed by atoms with Crippen LogP contribution in [0, 0.1) is 0 Å². The van der Waals surface area contributed by atoms with Crippen LogP contribution in [0.4, 0.5) is 0 Å². The van der Waals surface area contributed by atoms with Crippen molar-refractivity contribution in [2.24, 2.45) is 0 Å². The van der Waals surface area contributed by atoms with Crippen molar-refractivity contribution in [2.75, 3.05) is 13.1 Å². The van der Waals surface area contributed by atoms with Crippen LogP contribution < -0.4 is 5.69 Å². The van der Waals surface area contributed by atoms with Gasteiger partial charge in [0.1, 0.15) is 6.54 Å². The first kappa shape index (κ1) is 16.3. The number of hydrogen-bond donors (Lipinski definition) is 2. The number of hydrogen-bond acceptors (Lipinski definition) is 3. The molecule has 24 heavy (non-hydrogen) atoms. The van der Waals surface area contributed by atoms with Crippen molar-refractivity contribution in [2.45, 2.75) is 38.6 Å². The number of imidazole rings is 1. The van der Waals surface area contributed by atoms with Crippen LogP contribution in [0.5, 0.6) is 0 Å². The van der Waals surface area contributed by atoms with Crippen molar-refractivity contribution in [3.05, 3.63) is 34.2 Å². The van der Waals surface area contributed by atoms with E-state index in [0.29, 0.717) is 17.6 Å². The lowest BCUT2D eigenvalue weighted by Gasteiger charge is -2.18. The molecule has 0 spiro atoms. The Morgan fingerprint density at radius 3 is 2.67 bits per heavy atom. The molecular formula is C17H21N3O4. The minimum atomic E-state index is -1.05. The fourth-order valence-corrected chi connectivity index (χ4v) is 3.46. The second kappa shape index (κ2) is 6.51. The first-order valence-electron chi connectivity index (χ1n) is 8.26. The van der Waals surface area contributed by atoms with E-state index >= 15 is 0 Å². The van der Waals surface area contributed by atoms with Gasteiger partial charge in [0.2, 0.25) is 0 Å². The van der Waals surface area contributed by atoms with Crippen molar-refractivity contribution < 1.29 is 14.7 Å². The third-order valence-corrected chi connectivity index (χ3v) is 4.65. The lowest BCUT2D eigenvalue weighted by molar-refractivity contribution is -0.137. The number of carbonyl (C=O) groups is 2. The predicted octanol–water partition coefficient (Wildman–Crippen LogP) is 1.99. The third kappa shape index (κ3) is 2.93. The maximum atomic E-state index is 12.5. The molecular weight excluding hydrogens is 310 g/mol. The topological polar surface area (TPSA) is 95.4 Å². The number of aromatic amines is 1. The maximum absolute atomic E-state index is 12.5. The van der Waals surface area contributed by atoms with Crippen LogP contribution in [0.1, 0.15) is 49.0 Å². The number of carbonyl (C=O) groups excluding carboxylic acids is 1. The Bertz CT molecular complexity index is 830. The Balaban J connectivity index is 1.96. The molecule has 0 bridgehead atoms. The van der Waals surface area contributed by atoms with Crippen LogP contribution in [-0.4, -0.2) is 44.5 Å². The number of nitrogens with one attached hydrogen (secondary N) is 1. The molecule has 1 aliphatic carbocycles. The molecule has 3 rings (SSSR count). The molecule has 1 aromatic carbocycles. The molecule has 7 heteroatoms. The molecule has 1 saturated carbocycles. The lowest BCUT2D eigenvalue weighted by Crippen LogP contribution is -2.35. The summed E-state index contributed by atoms with van der Waals surface area (Å²) in [5, 5.41) is 8.90. The highest BCUT2D eigenvalue weighted by Crippen LogP contribution is 2.30. The number of nitrogens with zero attached hydrogens (tertiary/aromatic N) is 2. The van der Waals surface area contributed by atoms with Crippen LogP contribution in [0.3, 0.4) is 0 Å². The Kier molecular flexibility index (Phi) is 4.42. The molecule has 0 atom stereocenters. The van der Waals surface area contributed by atoms with E-state index in [1.54, 1.807) is 29.7 Å². The summed E-state index contributed by atoms with van der Waals surface area (Å²) in [6.07, 6.45) is 4.24. The Hall–Kier alpha value is -2.57. The van der Waals surface area contributed by atoms with Crippen LogP contribution in [0.25, 0.3) is 11.0 Å². The van der Waals surface area contributed by atoms with Crippen molar-refractivity contribution >= 4 is 22.9 Å². The van der Waals surface area contributed by atoms with Crippen LogP contribution in [0.15, 0.2) is 23.0 Å². The summed E-state index contributed by atoms with van der Waals surface area (Å²) in [5.41, 5.74) is 1.64. The van der Waals surface area contributed by atoms with Gasteiger partial charge in [-0.2, -0.15) is 0 Å². The van der Waals surface area contributed by atoms with Gasteiger partial charge in [-0.1, -0.05) is 12.8 Å². The molecule has 0 unspecified atom stereocenters. The fourth-order valence-electron chi connectivity index (χ4n) is 3.46. The minimum Gasteiger partial charge on any atom is -0.480 e. The monoisotopic (exact) mass is 331 g/mol. The molecule has 2 aromatic rings. The van der Waals surface area contributed by atoms with Gasteiger partial charge < -0.3 is 15.0 Å². The van der Waals surface area contributed by atoms with E-state index in [-0.39, 0.29) is 24.2 Å². The number of carboxylic acid groups (broad SMARTS) is 1. The van der Waals surface area contributed by atoms with E-state index in [2.05, 4.69) is 4.98 Å². The molecule has 0 radical (unpaired) electrons. The van der Waals surface area contributed by atoms with E-state index in [4.69, 9.17) is 5.11 Å². The molecule has 7 nitrogen and oxygen atoms in total. The number of likely N-dealkylation sites (N-methyl/N-ethyl adjacent to an activating group) is 1. The first-order chi connectivity index (χ1) is 11.5. The average molecular weight is 331 g/mol. The molecule has 2 N–H and O–H groups in total. The Morgan fingerprint density at radius 2 is 2.04 bits per heavy atom. The second-order valence-corrected chi connectivity index (χ2v) is 6.18. The van der Waals surface area contributed by atoms with Gasteiger partial charge >= 0.3 is 11.7 Å². The zero-order valence-corrected chi connectivity index (χ0v) is 13.6. The first-order valence-corrected chi connectivity index (χ1v) is 8.26. The van der Waals surface area contributed by atoms with Gasteiger partial charge in [-0.15, -0.1) is 0 Å². The lowest BCUT2D eigenvalue weighted by atomic mass is 10.1. The summed E-state index contributed by atoms with van der Waals surface area (Å²) in [5.74, 6) is -1.40.